The Morgan fingerprint density at radius 3 is 2.56 bits per heavy atom. The van der Waals surface area contributed by atoms with Gasteiger partial charge in [-0.05, 0) is 55.2 Å². The predicted molar refractivity (Wildman–Crippen MR) is 133 cm³/mol. The van der Waals surface area contributed by atoms with Crippen LogP contribution in [-0.2, 0) is 6.42 Å². The number of aliphatic hydroxyl groups excluding tert-OH is 1. The van der Waals surface area contributed by atoms with Gasteiger partial charge < -0.3 is 24.9 Å². The molecule has 4 aromatic rings. The zero-order valence-corrected chi connectivity index (χ0v) is 19.4. The van der Waals surface area contributed by atoms with Crippen LogP contribution in [0.4, 0.5) is 0 Å². The second-order valence-electron chi connectivity index (χ2n) is 8.84. The summed E-state index contributed by atoms with van der Waals surface area (Å²) in [6, 6.07) is 17.6. The number of ether oxygens (including phenoxy) is 2. The Hall–Kier alpha value is -3.77. The zero-order valence-electron chi connectivity index (χ0n) is 19.4. The molecule has 3 N–H and O–H groups in total. The van der Waals surface area contributed by atoms with E-state index in [2.05, 4.69) is 42.3 Å². The fraction of sp³-hybridized carbons (Fsp3) is 0.250. The number of aryl methyl sites for hydroxylation is 2. The van der Waals surface area contributed by atoms with E-state index in [1.165, 1.54) is 0 Å². The topological polar surface area (TPSA) is 83.6 Å². The Kier molecular flexibility index (Phi) is 5.99. The van der Waals surface area contributed by atoms with Crippen LogP contribution < -0.4 is 14.8 Å². The van der Waals surface area contributed by atoms with E-state index in [-0.39, 0.29) is 12.5 Å². The largest absolute Gasteiger partial charge is 0.486 e. The van der Waals surface area contributed by atoms with Crippen LogP contribution in [0.5, 0.6) is 11.5 Å². The third-order valence-electron chi connectivity index (χ3n) is 6.14. The molecule has 0 unspecified atom stereocenters. The van der Waals surface area contributed by atoms with Gasteiger partial charge in [0.15, 0.2) is 11.5 Å². The Morgan fingerprint density at radius 2 is 1.76 bits per heavy atom. The van der Waals surface area contributed by atoms with Gasteiger partial charge >= 0.3 is 0 Å². The van der Waals surface area contributed by atoms with Crippen molar-refractivity contribution in [1.29, 1.82) is 0 Å². The summed E-state index contributed by atoms with van der Waals surface area (Å²) < 4.78 is 11.7. The summed E-state index contributed by atoms with van der Waals surface area (Å²) in [6.45, 7) is 4.75. The predicted octanol–water partition coefficient (Wildman–Crippen LogP) is 4.56. The molecule has 5 rings (SSSR count). The number of nitrogens with one attached hydrogen (secondary N) is 2. The van der Waals surface area contributed by atoms with Crippen LogP contribution in [0.15, 0.2) is 60.8 Å². The summed E-state index contributed by atoms with van der Waals surface area (Å²) in [7, 11) is 0. The number of benzene rings is 3. The van der Waals surface area contributed by atoms with Crippen molar-refractivity contribution in [3.05, 3.63) is 83.0 Å². The van der Waals surface area contributed by atoms with Gasteiger partial charge in [0.05, 0.1) is 18.2 Å². The molecule has 0 bridgehead atoms. The van der Waals surface area contributed by atoms with E-state index in [0.29, 0.717) is 36.7 Å². The number of amides is 1. The lowest BCUT2D eigenvalue weighted by atomic mass is 9.97. The fourth-order valence-corrected chi connectivity index (χ4v) is 4.62. The van der Waals surface area contributed by atoms with E-state index < -0.39 is 6.04 Å². The molecule has 2 heterocycles. The molecule has 0 fully saturated rings. The molecule has 174 valence electrons. The first-order valence-corrected chi connectivity index (χ1v) is 11.5. The number of hydrogen-bond donors (Lipinski definition) is 3. The summed E-state index contributed by atoms with van der Waals surface area (Å²) >= 11 is 0. The van der Waals surface area contributed by atoms with Gasteiger partial charge in [-0.3, -0.25) is 4.79 Å². The number of carbonyl (C=O) groups is 1. The smallest absolute Gasteiger partial charge is 0.255 e. The molecule has 0 saturated heterocycles. The highest BCUT2D eigenvalue weighted by Crippen LogP contribution is 2.39. The molecule has 6 nitrogen and oxygen atoms in total. The SMILES string of the molecule is Cc1cc(C)cc(-c2cc3c(c(C(=O)N[C@@H](CO)Cc4c[nH]c5ccccc45)c2)OCCO3)c1. The highest BCUT2D eigenvalue weighted by atomic mass is 16.6. The number of hydrogen-bond acceptors (Lipinski definition) is 4. The highest BCUT2D eigenvalue weighted by molar-refractivity contribution is 5.99. The van der Waals surface area contributed by atoms with Gasteiger partial charge in [0.2, 0.25) is 0 Å². The normalized spacial score (nSPS) is 13.6. The molecule has 1 atom stereocenters. The van der Waals surface area contributed by atoms with Crippen molar-refractivity contribution in [3.63, 3.8) is 0 Å². The third kappa shape index (κ3) is 4.37. The lowest BCUT2D eigenvalue weighted by Gasteiger charge is -2.23. The monoisotopic (exact) mass is 456 g/mol. The van der Waals surface area contributed by atoms with E-state index in [0.717, 1.165) is 38.7 Å². The van der Waals surface area contributed by atoms with Gasteiger partial charge in [-0.25, -0.2) is 0 Å². The maximum Gasteiger partial charge on any atom is 0.255 e. The number of aromatic amines is 1. The first-order valence-electron chi connectivity index (χ1n) is 11.5. The standard InChI is InChI=1S/C28H28N2O4/c1-17-9-18(2)11-19(10-17)20-13-24(27-26(14-20)33-7-8-34-27)28(32)30-22(16-31)12-21-15-29-25-6-4-3-5-23(21)25/h3-6,9-11,13-15,22,29,31H,7-8,12,16H2,1-2H3,(H,30,32)/t22-/m1/s1. The van der Waals surface area contributed by atoms with Gasteiger partial charge in [0.1, 0.15) is 13.2 Å². The van der Waals surface area contributed by atoms with E-state index in [1.54, 1.807) is 0 Å². The third-order valence-corrected chi connectivity index (χ3v) is 6.14. The second-order valence-corrected chi connectivity index (χ2v) is 8.84. The first-order chi connectivity index (χ1) is 16.5. The lowest BCUT2D eigenvalue weighted by Crippen LogP contribution is -2.39. The van der Waals surface area contributed by atoms with Crippen LogP contribution in [0.1, 0.15) is 27.0 Å². The average Bonchev–Trinajstić information content (AvgIpc) is 3.25. The van der Waals surface area contributed by atoms with E-state index in [9.17, 15) is 9.90 Å². The highest BCUT2D eigenvalue weighted by Gasteiger charge is 2.25. The Morgan fingerprint density at radius 1 is 1.03 bits per heavy atom. The van der Waals surface area contributed by atoms with Crippen LogP contribution in [0.25, 0.3) is 22.0 Å². The van der Waals surface area contributed by atoms with Crippen LogP contribution >= 0.6 is 0 Å². The van der Waals surface area contributed by atoms with E-state index in [4.69, 9.17) is 9.47 Å². The molecule has 1 aliphatic rings. The molecule has 0 saturated carbocycles. The number of rotatable bonds is 6. The lowest BCUT2D eigenvalue weighted by molar-refractivity contribution is 0.0906. The van der Waals surface area contributed by atoms with Crippen molar-refractivity contribution in [2.24, 2.45) is 0 Å². The van der Waals surface area contributed by atoms with Gasteiger partial charge in [-0.1, -0.05) is 47.5 Å². The molecule has 1 aromatic heterocycles. The molecule has 0 aliphatic carbocycles. The summed E-state index contributed by atoms with van der Waals surface area (Å²) in [6.07, 6.45) is 2.43. The number of H-pyrrole nitrogens is 1. The summed E-state index contributed by atoms with van der Waals surface area (Å²) in [5.74, 6) is 0.706. The van der Waals surface area contributed by atoms with Crippen molar-refractivity contribution in [2.75, 3.05) is 19.8 Å². The molecule has 6 heteroatoms. The number of fused-ring (bicyclic) bond motifs is 2. The number of para-hydroxylation sites is 1. The maximum atomic E-state index is 13.4. The minimum Gasteiger partial charge on any atom is -0.486 e. The molecular weight excluding hydrogens is 428 g/mol. The van der Waals surface area contributed by atoms with E-state index in [1.807, 2.05) is 42.6 Å². The summed E-state index contributed by atoms with van der Waals surface area (Å²) in [5, 5.41) is 14.1. The molecule has 1 amide bonds. The van der Waals surface area contributed by atoms with Crippen molar-refractivity contribution >= 4 is 16.8 Å². The van der Waals surface area contributed by atoms with Crippen molar-refractivity contribution in [1.82, 2.24) is 10.3 Å². The Balaban J connectivity index is 1.46. The maximum absolute atomic E-state index is 13.4. The molecule has 34 heavy (non-hydrogen) atoms. The van der Waals surface area contributed by atoms with Crippen LogP contribution in [0.3, 0.4) is 0 Å². The Labute approximate surface area is 198 Å². The minimum atomic E-state index is -0.447. The average molecular weight is 457 g/mol. The van der Waals surface area contributed by atoms with Crippen molar-refractivity contribution < 1.29 is 19.4 Å². The Bertz CT molecular complexity index is 1340. The van der Waals surface area contributed by atoms with Crippen LogP contribution in [-0.4, -0.2) is 41.9 Å². The number of aliphatic hydroxyl groups is 1. The van der Waals surface area contributed by atoms with Gasteiger partial charge in [-0.2, -0.15) is 0 Å². The van der Waals surface area contributed by atoms with Crippen molar-refractivity contribution in [3.8, 4) is 22.6 Å². The minimum absolute atomic E-state index is 0.179. The van der Waals surface area contributed by atoms with Gasteiger partial charge in [0, 0.05) is 17.1 Å². The van der Waals surface area contributed by atoms with Gasteiger partial charge in [-0.15, -0.1) is 0 Å². The number of carbonyl (C=O) groups excluding carboxylic acids is 1. The second kappa shape index (κ2) is 9.23. The van der Waals surface area contributed by atoms with E-state index >= 15 is 0 Å². The molecule has 1 aliphatic heterocycles. The first kappa shape index (κ1) is 22.0. The summed E-state index contributed by atoms with van der Waals surface area (Å²) in [4.78, 5) is 16.7. The van der Waals surface area contributed by atoms with Crippen molar-refractivity contribution in [2.45, 2.75) is 26.3 Å². The molecular formula is C28H28N2O4. The molecule has 3 aromatic carbocycles. The molecule has 0 spiro atoms. The summed E-state index contributed by atoms with van der Waals surface area (Å²) in [5.41, 5.74) is 6.68. The quantitative estimate of drug-likeness (QED) is 0.397. The number of aromatic nitrogens is 1. The molecule has 0 radical (unpaired) electrons. The zero-order chi connectivity index (χ0) is 23.7. The van der Waals surface area contributed by atoms with Crippen LogP contribution in [0, 0.1) is 13.8 Å². The van der Waals surface area contributed by atoms with Gasteiger partial charge in [0.25, 0.3) is 5.91 Å². The van der Waals surface area contributed by atoms with Crippen LogP contribution in [0.2, 0.25) is 0 Å². The fourth-order valence-electron chi connectivity index (χ4n) is 4.62.